The zero-order valence-corrected chi connectivity index (χ0v) is 8.75. The lowest BCUT2D eigenvalue weighted by Crippen LogP contribution is -2.29. The van der Waals surface area contributed by atoms with Gasteiger partial charge in [0.15, 0.2) is 0 Å². The van der Waals surface area contributed by atoms with Crippen molar-refractivity contribution < 1.29 is 9.84 Å². The van der Waals surface area contributed by atoms with Gasteiger partial charge in [0.2, 0.25) is 0 Å². The van der Waals surface area contributed by atoms with Gasteiger partial charge in [-0.1, -0.05) is 0 Å². The number of aliphatic hydroxyl groups excluding tert-OH is 1. The molecule has 0 aromatic carbocycles. The third-order valence-electron chi connectivity index (χ3n) is 1.93. The van der Waals surface area contributed by atoms with E-state index >= 15 is 0 Å². The van der Waals surface area contributed by atoms with Crippen LogP contribution in [0.15, 0.2) is 17.1 Å². The van der Waals surface area contributed by atoms with Crippen molar-refractivity contribution in [3.63, 3.8) is 0 Å². The number of nitrogens with two attached hydrogens (primary N) is 1. The van der Waals surface area contributed by atoms with Crippen LogP contribution in [0.5, 0.6) is 0 Å². The van der Waals surface area contributed by atoms with Gasteiger partial charge in [0.1, 0.15) is 12.0 Å². The molecule has 0 amide bonds. The van der Waals surface area contributed by atoms with Gasteiger partial charge in [-0.25, -0.2) is 4.79 Å². The standard InChI is InChI=1S/C9H15N3O3/c1-6(5-13)15-7(2)12-4-3-8(10)11-9(12)14/h3-4,6-7,13H,5H2,1-2H3,(H2,10,11,14). The van der Waals surface area contributed by atoms with Gasteiger partial charge >= 0.3 is 5.69 Å². The van der Waals surface area contributed by atoms with E-state index in [1.165, 1.54) is 16.8 Å². The SMILES string of the molecule is CC(CO)OC(C)n1ccc(N)nc1=O. The van der Waals surface area contributed by atoms with E-state index in [1.807, 2.05) is 0 Å². The van der Waals surface area contributed by atoms with E-state index in [-0.39, 0.29) is 18.5 Å². The molecule has 6 heteroatoms. The summed E-state index contributed by atoms with van der Waals surface area (Å²) in [6.07, 6.45) is 0.705. The molecule has 0 saturated carbocycles. The van der Waals surface area contributed by atoms with E-state index < -0.39 is 11.9 Å². The Kier molecular flexibility index (Phi) is 3.81. The van der Waals surface area contributed by atoms with Gasteiger partial charge in [-0.3, -0.25) is 4.57 Å². The molecule has 0 saturated heterocycles. The second-order valence-corrected chi connectivity index (χ2v) is 3.27. The second-order valence-electron chi connectivity index (χ2n) is 3.27. The molecule has 1 heterocycles. The Morgan fingerprint density at radius 3 is 2.87 bits per heavy atom. The van der Waals surface area contributed by atoms with Gasteiger partial charge in [0, 0.05) is 6.20 Å². The van der Waals surface area contributed by atoms with E-state index in [1.54, 1.807) is 13.8 Å². The van der Waals surface area contributed by atoms with Crippen molar-refractivity contribution in [1.29, 1.82) is 0 Å². The molecule has 0 spiro atoms. The number of ether oxygens (including phenoxy) is 1. The number of aliphatic hydroxyl groups is 1. The van der Waals surface area contributed by atoms with Crippen molar-refractivity contribution in [3.05, 3.63) is 22.7 Å². The van der Waals surface area contributed by atoms with Gasteiger partial charge in [0.25, 0.3) is 0 Å². The second kappa shape index (κ2) is 4.90. The predicted octanol–water partition coefficient (Wildman–Crippen LogP) is -0.259. The molecule has 0 fully saturated rings. The lowest BCUT2D eigenvalue weighted by molar-refractivity contribution is -0.0579. The van der Waals surface area contributed by atoms with Crippen LogP contribution in [0.2, 0.25) is 0 Å². The third kappa shape index (κ3) is 3.03. The van der Waals surface area contributed by atoms with Crippen LogP contribution in [-0.4, -0.2) is 27.4 Å². The Hall–Kier alpha value is -1.40. The molecule has 6 nitrogen and oxygen atoms in total. The summed E-state index contributed by atoms with van der Waals surface area (Å²) < 4.78 is 6.65. The summed E-state index contributed by atoms with van der Waals surface area (Å²) >= 11 is 0. The Labute approximate surface area is 87.3 Å². The van der Waals surface area contributed by atoms with Gasteiger partial charge in [-0.05, 0) is 19.9 Å². The predicted molar refractivity (Wildman–Crippen MR) is 55.3 cm³/mol. The van der Waals surface area contributed by atoms with Crippen molar-refractivity contribution in [2.24, 2.45) is 0 Å². The fourth-order valence-corrected chi connectivity index (χ4v) is 1.15. The number of nitrogens with zero attached hydrogens (tertiary/aromatic N) is 2. The van der Waals surface area contributed by atoms with E-state index in [0.29, 0.717) is 0 Å². The number of nitrogen functional groups attached to an aromatic ring is 1. The Balaban J connectivity index is 2.82. The minimum absolute atomic E-state index is 0.0957. The van der Waals surface area contributed by atoms with Crippen LogP contribution >= 0.6 is 0 Å². The Morgan fingerprint density at radius 1 is 1.67 bits per heavy atom. The van der Waals surface area contributed by atoms with Crippen LogP contribution in [0.1, 0.15) is 20.1 Å². The highest BCUT2D eigenvalue weighted by Crippen LogP contribution is 2.07. The average molecular weight is 213 g/mol. The number of rotatable bonds is 4. The summed E-state index contributed by atoms with van der Waals surface area (Å²) in [6.45, 7) is 3.32. The lowest BCUT2D eigenvalue weighted by atomic mass is 10.4. The summed E-state index contributed by atoms with van der Waals surface area (Å²) in [7, 11) is 0. The number of hydrogen-bond acceptors (Lipinski definition) is 5. The summed E-state index contributed by atoms with van der Waals surface area (Å²) in [5.74, 6) is 0.179. The highest BCUT2D eigenvalue weighted by atomic mass is 16.5. The Morgan fingerprint density at radius 2 is 2.33 bits per heavy atom. The fraction of sp³-hybridized carbons (Fsp3) is 0.556. The van der Waals surface area contributed by atoms with Crippen molar-refractivity contribution in [2.45, 2.75) is 26.2 Å². The summed E-state index contributed by atoms with van der Waals surface area (Å²) in [6, 6.07) is 1.52. The monoisotopic (exact) mass is 213 g/mol. The van der Waals surface area contributed by atoms with E-state index in [0.717, 1.165) is 0 Å². The molecule has 84 valence electrons. The molecule has 0 aliphatic carbocycles. The summed E-state index contributed by atoms with van der Waals surface area (Å²) in [5, 5.41) is 8.80. The number of aromatic nitrogens is 2. The summed E-state index contributed by atoms with van der Waals surface area (Å²) in [5.41, 5.74) is 4.88. The lowest BCUT2D eigenvalue weighted by Gasteiger charge is -2.19. The average Bonchev–Trinajstić information content (AvgIpc) is 2.17. The van der Waals surface area contributed by atoms with Crippen molar-refractivity contribution in [3.8, 4) is 0 Å². The van der Waals surface area contributed by atoms with Crippen LogP contribution in [0.25, 0.3) is 0 Å². The molecule has 0 aliphatic rings. The minimum atomic E-state index is -0.479. The first kappa shape index (κ1) is 11.7. The van der Waals surface area contributed by atoms with Crippen LogP contribution in [0.3, 0.4) is 0 Å². The first-order valence-corrected chi connectivity index (χ1v) is 4.65. The fourth-order valence-electron chi connectivity index (χ4n) is 1.15. The smallest absolute Gasteiger partial charge is 0.351 e. The Bertz CT molecular complexity index is 377. The van der Waals surface area contributed by atoms with Gasteiger partial charge in [-0.2, -0.15) is 4.98 Å². The molecular formula is C9H15N3O3. The zero-order valence-electron chi connectivity index (χ0n) is 8.75. The minimum Gasteiger partial charge on any atom is -0.394 e. The first-order valence-electron chi connectivity index (χ1n) is 4.65. The highest BCUT2D eigenvalue weighted by molar-refractivity contribution is 5.23. The molecule has 2 unspecified atom stereocenters. The maximum Gasteiger partial charge on any atom is 0.351 e. The van der Waals surface area contributed by atoms with E-state index in [4.69, 9.17) is 15.6 Å². The molecule has 1 aromatic heterocycles. The first-order chi connectivity index (χ1) is 7.04. The zero-order chi connectivity index (χ0) is 11.4. The molecule has 15 heavy (non-hydrogen) atoms. The van der Waals surface area contributed by atoms with Crippen molar-refractivity contribution in [1.82, 2.24) is 9.55 Å². The maximum atomic E-state index is 11.4. The largest absolute Gasteiger partial charge is 0.394 e. The van der Waals surface area contributed by atoms with Crippen molar-refractivity contribution >= 4 is 5.82 Å². The molecule has 0 aliphatic heterocycles. The quantitative estimate of drug-likeness (QED) is 0.719. The maximum absolute atomic E-state index is 11.4. The third-order valence-corrected chi connectivity index (χ3v) is 1.93. The van der Waals surface area contributed by atoms with Crippen LogP contribution < -0.4 is 11.4 Å². The molecule has 2 atom stereocenters. The van der Waals surface area contributed by atoms with Gasteiger partial charge in [0.05, 0.1) is 12.7 Å². The molecule has 1 aromatic rings. The van der Waals surface area contributed by atoms with Gasteiger partial charge < -0.3 is 15.6 Å². The van der Waals surface area contributed by atoms with Crippen molar-refractivity contribution in [2.75, 3.05) is 12.3 Å². The molecule has 3 N–H and O–H groups in total. The van der Waals surface area contributed by atoms with Crippen LogP contribution in [0, 0.1) is 0 Å². The topological polar surface area (TPSA) is 90.4 Å². The highest BCUT2D eigenvalue weighted by Gasteiger charge is 2.10. The van der Waals surface area contributed by atoms with E-state index in [9.17, 15) is 4.79 Å². The number of anilines is 1. The molecule has 0 radical (unpaired) electrons. The van der Waals surface area contributed by atoms with Gasteiger partial charge in [-0.15, -0.1) is 0 Å². The normalized spacial score (nSPS) is 14.9. The molecular weight excluding hydrogens is 198 g/mol. The number of hydrogen-bond donors (Lipinski definition) is 2. The van der Waals surface area contributed by atoms with Crippen LogP contribution in [0.4, 0.5) is 5.82 Å². The molecule has 0 bridgehead atoms. The molecule has 1 rings (SSSR count). The van der Waals surface area contributed by atoms with Crippen LogP contribution in [-0.2, 0) is 4.74 Å². The van der Waals surface area contributed by atoms with E-state index in [2.05, 4.69) is 4.98 Å². The summed E-state index contributed by atoms with van der Waals surface area (Å²) in [4.78, 5) is 15.0.